The average molecular weight is 467 g/mol. The van der Waals surface area contributed by atoms with Crippen molar-refractivity contribution in [1.29, 1.82) is 0 Å². The highest BCUT2D eigenvalue weighted by molar-refractivity contribution is 8.18. The van der Waals surface area contributed by atoms with E-state index in [1.807, 2.05) is 36.4 Å². The molecule has 0 N–H and O–H groups in total. The first-order chi connectivity index (χ1) is 15.5. The number of amides is 4. The lowest BCUT2D eigenvalue weighted by Gasteiger charge is -2.17. The lowest BCUT2D eigenvalue weighted by molar-refractivity contribution is -0.125. The van der Waals surface area contributed by atoms with Gasteiger partial charge in [0.2, 0.25) is 0 Å². The molecule has 0 aliphatic carbocycles. The molecule has 2 heterocycles. The lowest BCUT2D eigenvalue weighted by atomic mass is 10.2. The van der Waals surface area contributed by atoms with Gasteiger partial charge in [-0.2, -0.15) is 0 Å². The second kappa shape index (κ2) is 9.46. The van der Waals surface area contributed by atoms with Crippen molar-refractivity contribution < 1.29 is 23.9 Å². The van der Waals surface area contributed by atoms with E-state index in [9.17, 15) is 19.2 Å². The summed E-state index contributed by atoms with van der Waals surface area (Å²) in [6, 6.07) is 16.4. The van der Waals surface area contributed by atoms with Gasteiger partial charge in [-0.05, 0) is 47.3 Å². The quantitative estimate of drug-likeness (QED) is 0.581. The average Bonchev–Trinajstić information content (AvgIpc) is 3.21. The molecule has 0 atom stereocenters. The fraction of sp³-hybridized carbons (Fsp3) is 0.130. The Morgan fingerprint density at radius 1 is 0.750 bits per heavy atom. The predicted molar refractivity (Wildman–Crippen MR) is 125 cm³/mol. The number of carbonyl (C=O) groups excluding carboxylic acids is 4. The van der Waals surface area contributed by atoms with Gasteiger partial charge in [0.05, 0.1) is 16.9 Å². The standard InChI is InChI=1S/C23H18N2O5S2/c1-30-17-10-6-5-9-16(17)14-19-21(27)25(23(29)32-19)12-11-24-20(26)18(31-22(24)28)13-15-7-3-2-4-8-15/h2-10,13-14H,11-12H2,1H3/b18-13+,19-14+. The summed E-state index contributed by atoms with van der Waals surface area (Å²) < 4.78 is 5.28. The van der Waals surface area contributed by atoms with E-state index in [2.05, 4.69) is 0 Å². The summed E-state index contributed by atoms with van der Waals surface area (Å²) in [7, 11) is 1.53. The van der Waals surface area contributed by atoms with Crippen LogP contribution in [-0.2, 0) is 9.59 Å². The molecule has 0 spiro atoms. The van der Waals surface area contributed by atoms with Crippen LogP contribution in [0.5, 0.6) is 5.75 Å². The molecule has 162 valence electrons. The third-order valence-electron chi connectivity index (χ3n) is 4.82. The number of ether oxygens (including phenoxy) is 1. The van der Waals surface area contributed by atoms with Gasteiger partial charge < -0.3 is 4.74 Å². The highest BCUT2D eigenvalue weighted by Gasteiger charge is 2.39. The molecule has 0 radical (unpaired) electrons. The molecule has 2 fully saturated rings. The van der Waals surface area contributed by atoms with E-state index in [4.69, 9.17) is 4.74 Å². The molecule has 0 bridgehead atoms. The Kier molecular flexibility index (Phi) is 6.48. The summed E-state index contributed by atoms with van der Waals surface area (Å²) in [5.41, 5.74) is 1.49. The summed E-state index contributed by atoms with van der Waals surface area (Å²) in [6.45, 7) is -0.124. The number of nitrogens with zero attached hydrogens (tertiary/aromatic N) is 2. The Bertz CT molecular complexity index is 1160. The maximum Gasteiger partial charge on any atom is 0.293 e. The number of benzene rings is 2. The van der Waals surface area contributed by atoms with Crippen LogP contribution in [0.3, 0.4) is 0 Å². The van der Waals surface area contributed by atoms with Crippen LogP contribution in [0.25, 0.3) is 12.2 Å². The van der Waals surface area contributed by atoms with Crippen LogP contribution < -0.4 is 4.74 Å². The fourth-order valence-corrected chi connectivity index (χ4v) is 4.93. The molecule has 9 heteroatoms. The largest absolute Gasteiger partial charge is 0.496 e. The van der Waals surface area contributed by atoms with Crippen LogP contribution in [0, 0.1) is 0 Å². The molecule has 2 aliphatic heterocycles. The van der Waals surface area contributed by atoms with Crippen LogP contribution in [0.4, 0.5) is 9.59 Å². The summed E-state index contributed by atoms with van der Waals surface area (Å²) in [5.74, 6) is -0.305. The van der Waals surface area contributed by atoms with E-state index in [0.717, 1.165) is 38.9 Å². The number of rotatable bonds is 6. The molecular formula is C23H18N2O5S2. The fourth-order valence-electron chi connectivity index (χ4n) is 3.21. The minimum absolute atomic E-state index is 0.0588. The van der Waals surface area contributed by atoms with E-state index in [1.165, 1.54) is 7.11 Å². The normalized spacial score (nSPS) is 19.0. The van der Waals surface area contributed by atoms with Gasteiger partial charge in [0.15, 0.2) is 0 Å². The molecule has 7 nitrogen and oxygen atoms in total. The zero-order valence-corrected chi connectivity index (χ0v) is 18.7. The van der Waals surface area contributed by atoms with E-state index >= 15 is 0 Å². The van der Waals surface area contributed by atoms with Gasteiger partial charge in [0, 0.05) is 18.7 Å². The first kappa shape index (κ1) is 21.9. The van der Waals surface area contributed by atoms with Gasteiger partial charge in [-0.15, -0.1) is 0 Å². The molecule has 2 aliphatic rings. The minimum atomic E-state index is -0.460. The maximum atomic E-state index is 12.8. The number of hydrogen-bond acceptors (Lipinski definition) is 7. The first-order valence-electron chi connectivity index (χ1n) is 9.66. The molecule has 2 saturated heterocycles. The second-order valence-electron chi connectivity index (χ2n) is 6.82. The Morgan fingerprint density at radius 2 is 1.28 bits per heavy atom. The molecule has 4 amide bonds. The Labute approximate surface area is 193 Å². The number of hydrogen-bond donors (Lipinski definition) is 0. The SMILES string of the molecule is COc1ccccc1/C=C1/SC(=O)N(CCN2C(=O)S/C(=C/c3ccccc3)C2=O)C1=O. The van der Waals surface area contributed by atoms with Crippen molar-refractivity contribution in [3.8, 4) is 5.75 Å². The van der Waals surface area contributed by atoms with E-state index in [-0.39, 0.29) is 18.0 Å². The zero-order valence-electron chi connectivity index (χ0n) is 17.0. The third kappa shape index (κ3) is 4.49. The molecule has 0 aromatic heterocycles. The van der Waals surface area contributed by atoms with E-state index < -0.39 is 22.3 Å². The summed E-state index contributed by atoms with van der Waals surface area (Å²) in [5, 5.41) is -0.864. The molecule has 2 aromatic carbocycles. The highest BCUT2D eigenvalue weighted by atomic mass is 32.2. The van der Waals surface area contributed by atoms with Crippen molar-refractivity contribution in [2.45, 2.75) is 0 Å². The molecule has 0 saturated carbocycles. The van der Waals surface area contributed by atoms with Crippen molar-refractivity contribution in [2.24, 2.45) is 0 Å². The predicted octanol–water partition coefficient (Wildman–Crippen LogP) is 4.47. The van der Waals surface area contributed by atoms with Gasteiger partial charge in [-0.1, -0.05) is 48.5 Å². The van der Waals surface area contributed by atoms with Crippen molar-refractivity contribution in [2.75, 3.05) is 20.2 Å². The maximum absolute atomic E-state index is 12.8. The molecular weight excluding hydrogens is 448 g/mol. The summed E-state index contributed by atoms with van der Waals surface area (Å²) >= 11 is 1.67. The van der Waals surface area contributed by atoms with Crippen molar-refractivity contribution in [3.63, 3.8) is 0 Å². The van der Waals surface area contributed by atoms with Crippen LogP contribution in [0.2, 0.25) is 0 Å². The van der Waals surface area contributed by atoms with Gasteiger partial charge >= 0.3 is 0 Å². The Balaban J connectivity index is 1.45. The van der Waals surface area contributed by atoms with Crippen molar-refractivity contribution in [3.05, 3.63) is 75.5 Å². The van der Waals surface area contributed by atoms with Crippen LogP contribution >= 0.6 is 23.5 Å². The number of imide groups is 2. The Hall–Kier alpha value is -3.30. The summed E-state index contributed by atoms with van der Waals surface area (Å²) in [4.78, 5) is 52.9. The molecule has 0 unspecified atom stereocenters. The van der Waals surface area contributed by atoms with E-state index in [0.29, 0.717) is 16.2 Å². The highest BCUT2D eigenvalue weighted by Crippen LogP contribution is 2.35. The smallest absolute Gasteiger partial charge is 0.293 e. The van der Waals surface area contributed by atoms with Crippen molar-refractivity contribution in [1.82, 2.24) is 9.80 Å². The Morgan fingerprint density at radius 3 is 1.88 bits per heavy atom. The molecule has 32 heavy (non-hydrogen) atoms. The lowest BCUT2D eigenvalue weighted by Crippen LogP contribution is -2.39. The number of thioether (sulfide) groups is 2. The first-order valence-corrected chi connectivity index (χ1v) is 11.3. The van der Waals surface area contributed by atoms with Gasteiger partial charge in [0.25, 0.3) is 22.3 Å². The number of carbonyl (C=O) groups is 4. The second-order valence-corrected chi connectivity index (χ2v) is 8.81. The van der Waals surface area contributed by atoms with Crippen molar-refractivity contribution >= 4 is 58.0 Å². The molecule has 2 aromatic rings. The minimum Gasteiger partial charge on any atom is -0.496 e. The number of para-hydroxylation sites is 1. The van der Waals surface area contributed by atoms with E-state index in [1.54, 1.807) is 30.4 Å². The monoisotopic (exact) mass is 466 g/mol. The zero-order chi connectivity index (χ0) is 22.7. The summed E-state index contributed by atoms with van der Waals surface area (Å²) in [6.07, 6.45) is 3.26. The van der Waals surface area contributed by atoms with Crippen LogP contribution in [0.15, 0.2) is 64.4 Å². The topological polar surface area (TPSA) is 84.0 Å². The third-order valence-corrected chi connectivity index (χ3v) is 6.63. The van der Waals surface area contributed by atoms with Crippen LogP contribution in [-0.4, -0.2) is 52.3 Å². The van der Waals surface area contributed by atoms with Gasteiger partial charge in [-0.3, -0.25) is 29.0 Å². The van der Waals surface area contributed by atoms with Crippen LogP contribution in [0.1, 0.15) is 11.1 Å². The van der Waals surface area contributed by atoms with Gasteiger partial charge in [-0.25, -0.2) is 0 Å². The van der Waals surface area contributed by atoms with Gasteiger partial charge in [0.1, 0.15) is 5.75 Å². The molecule has 4 rings (SSSR count). The number of methoxy groups -OCH3 is 1.